The third-order valence-electron chi connectivity index (χ3n) is 4.28. The lowest BCUT2D eigenvalue weighted by Gasteiger charge is -2.14. The van der Waals surface area contributed by atoms with E-state index in [0.717, 1.165) is 16.7 Å². The summed E-state index contributed by atoms with van der Waals surface area (Å²) >= 11 is 0. The zero-order valence-corrected chi connectivity index (χ0v) is 15.3. The maximum Gasteiger partial charge on any atom is 0.258 e. The highest BCUT2D eigenvalue weighted by atomic mass is 16.5. The van der Waals surface area contributed by atoms with Gasteiger partial charge in [-0.15, -0.1) is 0 Å². The molecule has 1 N–H and O–H groups in total. The first-order chi connectivity index (χ1) is 12.4. The monoisotopic (exact) mass is 351 g/mol. The summed E-state index contributed by atoms with van der Waals surface area (Å²) in [5, 5.41) is 0.541. The first kappa shape index (κ1) is 17.7. The number of rotatable bonds is 4. The number of H-pyrrole nitrogens is 1. The Balaban J connectivity index is 2.03. The average molecular weight is 351 g/mol. The van der Waals surface area contributed by atoms with Crippen molar-refractivity contribution in [3.63, 3.8) is 0 Å². The Hall–Kier alpha value is -3.15. The van der Waals surface area contributed by atoms with E-state index in [1.165, 1.54) is 0 Å². The second-order valence-electron chi connectivity index (χ2n) is 6.37. The minimum absolute atomic E-state index is 0.00901. The van der Waals surface area contributed by atoms with Crippen LogP contribution in [0.15, 0.2) is 41.2 Å². The van der Waals surface area contributed by atoms with Crippen molar-refractivity contribution in [3.05, 3.63) is 58.1 Å². The second kappa shape index (κ2) is 7.00. The van der Waals surface area contributed by atoms with Crippen LogP contribution in [0.3, 0.4) is 0 Å². The molecule has 1 amide bonds. The molecule has 0 spiro atoms. The lowest BCUT2D eigenvalue weighted by atomic mass is 10.00. The van der Waals surface area contributed by atoms with Gasteiger partial charge in [0.2, 0.25) is 5.91 Å². The number of carbonyl (C=O) groups is 1. The van der Waals surface area contributed by atoms with E-state index >= 15 is 0 Å². The predicted molar refractivity (Wildman–Crippen MR) is 101 cm³/mol. The molecule has 26 heavy (non-hydrogen) atoms. The summed E-state index contributed by atoms with van der Waals surface area (Å²) in [7, 11) is 5.04. The number of carbonyl (C=O) groups excluding carboxylic acids is 1. The molecule has 6 heteroatoms. The summed E-state index contributed by atoms with van der Waals surface area (Å²) in [5.41, 5.74) is 3.12. The minimum atomic E-state index is -0.158. The van der Waals surface area contributed by atoms with Gasteiger partial charge in [0, 0.05) is 19.7 Å². The van der Waals surface area contributed by atoms with Gasteiger partial charge in [-0.3, -0.25) is 9.59 Å². The largest absolute Gasteiger partial charge is 0.496 e. The summed E-state index contributed by atoms with van der Waals surface area (Å²) in [6.45, 7) is 1.76. The van der Waals surface area contributed by atoms with Gasteiger partial charge in [0.15, 0.2) is 0 Å². The third kappa shape index (κ3) is 3.44. The van der Waals surface area contributed by atoms with Crippen molar-refractivity contribution in [2.45, 2.75) is 13.3 Å². The van der Waals surface area contributed by atoms with Gasteiger partial charge in [0.05, 0.1) is 24.4 Å². The highest BCUT2D eigenvalue weighted by Gasteiger charge is 2.12. The summed E-state index contributed by atoms with van der Waals surface area (Å²) < 4.78 is 5.46. The Morgan fingerprint density at radius 3 is 2.54 bits per heavy atom. The van der Waals surface area contributed by atoms with E-state index in [1.54, 1.807) is 33.0 Å². The van der Waals surface area contributed by atoms with Crippen LogP contribution in [-0.4, -0.2) is 42.0 Å². The number of benzene rings is 2. The topological polar surface area (TPSA) is 75.3 Å². The Morgan fingerprint density at radius 2 is 1.85 bits per heavy atom. The Kier molecular flexibility index (Phi) is 4.75. The predicted octanol–water partition coefficient (Wildman–Crippen LogP) is 2.54. The molecule has 0 saturated carbocycles. The maximum absolute atomic E-state index is 12.2. The van der Waals surface area contributed by atoms with Gasteiger partial charge in [-0.05, 0) is 36.2 Å². The van der Waals surface area contributed by atoms with Crippen molar-refractivity contribution in [1.82, 2.24) is 14.9 Å². The summed E-state index contributed by atoms with van der Waals surface area (Å²) in [5.74, 6) is 1.25. The molecule has 0 aliphatic carbocycles. The number of nitrogens with zero attached hydrogens (tertiary/aromatic N) is 2. The smallest absolute Gasteiger partial charge is 0.258 e. The SMILES string of the molecule is COc1cc(-c2ccc3nc(C)[nH]c(=O)c3c2)ccc1CC(=O)N(C)C. The summed E-state index contributed by atoms with van der Waals surface area (Å²) in [6.07, 6.45) is 0.275. The van der Waals surface area contributed by atoms with E-state index in [4.69, 9.17) is 4.74 Å². The van der Waals surface area contributed by atoms with Gasteiger partial charge in [-0.1, -0.05) is 18.2 Å². The zero-order valence-electron chi connectivity index (χ0n) is 15.3. The van der Waals surface area contributed by atoms with Gasteiger partial charge in [0.25, 0.3) is 5.56 Å². The highest BCUT2D eigenvalue weighted by Crippen LogP contribution is 2.29. The van der Waals surface area contributed by atoms with Crippen molar-refractivity contribution in [2.75, 3.05) is 21.2 Å². The fourth-order valence-electron chi connectivity index (χ4n) is 2.83. The number of aryl methyl sites for hydroxylation is 1. The number of aromatic amines is 1. The molecule has 0 atom stereocenters. The molecule has 0 unspecified atom stereocenters. The number of fused-ring (bicyclic) bond motifs is 1. The first-order valence-electron chi connectivity index (χ1n) is 8.27. The Labute approximate surface area is 151 Å². The summed E-state index contributed by atoms with van der Waals surface area (Å²) in [6, 6.07) is 11.3. The van der Waals surface area contributed by atoms with E-state index in [0.29, 0.717) is 22.5 Å². The molecule has 0 bridgehead atoms. The fourth-order valence-corrected chi connectivity index (χ4v) is 2.83. The minimum Gasteiger partial charge on any atom is -0.496 e. The molecule has 0 saturated heterocycles. The third-order valence-corrected chi connectivity index (χ3v) is 4.28. The quantitative estimate of drug-likeness (QED) is 0.784. The number of nitrogens with one attached hydrogen (secondary N) is 1. The van der Waals surface area contributed by atoms with Crippen LogP contribution in [0.2, 0.25) is 0 Å². The standard InChI is InChI=1S/C20H21N3O3/c1-12-21-17-8-7-13(9-16(17)20(25)22-12)14-5-6-15(18(10-14)26-4)11-19(24)23(2)3/h5-10H,11H2,1-4H3,(H,21,22,25). The van der Waals surface area contributed by atoms with Crippen molar-refractivity contribution in [3.8, 4) is 16.9 Å². The molecular weight excluding hydrogens is 330 g/mol. The van der Waals surface area contributed by atoms with Crippen LogP contribution in [0.4, 0.5) is 0 Å². The molecule has 0 fully saturated rings. The van der Waals surface area contributed by atoms with Crippen molar-refractivity contribution >= 4 is 16.8 Å². The number of hydrogen-bond donors (Lipinski definition) is 1. The lowest BCUT2D eigenvalue weighted by molar-refractivity contribution is -0.127. The molecular formula is C20H21N3O3. The van der Waals surface area contributed by atoms with Gasteiger partial charge >= 0.3 is 0 Å². The van der Waals surface area contributed by atoms with Gasteiger partial charge < -0.3 is 14.6 Å². The van der Waals surface area contributed by atoms with Crippen LogP contribution in [0, 0.1) is 6.92 Å². The van der Waals surface area contributed by atoms with Crippen molar-refractivity contribution in [1.29, 1.82) is 0 Å². The number of ether oxygens (including phenoxy) is 1. The Morgan fingerprint density at radius 1 is 1.15 bits per heavy atom. The van der Waals surface area contributed by atoms with Crippen LogP contribution in [0.25, 0.3) is 22.0 Å². The highest BCUT2D eigenvalue weighted by molar-refractivity contribution is 5.84. The second-order valence-corrected chi connectivity index (χ2v) is 6.37. The van der Waals surface area contributed by atoms with E-state index < -0.39 is 0 Å². The first-order valence-corrected chi connectivity index (χ1v) is 8.27. The Bertz CT molecular complexity index is 1040. The number of likely N-dealkylation sites (N-methyl/N-ethyl adjacent to an activating group) is 1. The molecule has 1 aromatic heterocycles. The lowest BCUT2D eigenvalue weighted by Crippen LogP contribution is -2.23. The molecule has 0 aliphatic heterocycles. The molecule has 0 aliphatic rings. The molecule has 6 nitrogen and oxygen atoms in total. The maximum atomic E-state index is 12.2. The van der Waals surface area contributed by atoms with E-state index in [-0.39, 0.29) is 17.9 Å². The van der Waals surface area contributed by atoms with E-state index in [1.807, 2.05) is 36.4 Å². The molecule has 0 radical (unpaired) electrons. The normalized spacial score (nSPS) is 10.8. The van der Waals surface area contributed by atoms with E-state index in [2.05, 4.69) is 9.97 Å². The molecule has 2 aromatic carbocycles. The van der Waals surface area contributed by atoms with Crippen LogP contribution < -0.4 is 10.3 Å². The van der Waals surface area contributed by atoms with Crippen molar-refractivity contribution < 1.29 is 9.53 Å². The number of aromatic nitrogens is 2. The number of hydrogen-bond acceptors (Lipinski definition) is 4. The molecule has 3 aromatic rings. The van der Waals surface area contributed by atoms with Crippen molar-refractivity contribution in [2.24, 2.45) is 0 Å². The molecule has 3 rings (SSSR count). The van der Waals surface area contributed by atoms with Crippen LogP contribution in [0.5, 0.6) is 5.75 Å². The van der Waals surface area contributed by atoms with Crippen LogP contribution in [-0.2, 0) is 11.2 Å². The van der Waals surface area contributed by atoms with E-state index in [9.17, 15) is 9.59 Å². The van der Waals surface area contributed by atoms with Crippen LogP contribution in [0.1, 0.15) is 11.4 Å². The average Bonchev–Trinajstić information content (AvgIpc) is 2.61. The summed E-state index contributed by atoms with van der Waals surface area (Å²) in [4.78, 5) is 32.8. The van der Waals surface area contributed by atoms with Gasteiger partial charge in [-0.25, -0.2) is 4.98 Å². The fraction of sp³-hybridized carbons (Fsp3) is 0.250. The van der Waals surface area contributed by atoms with Gasteiger partial charge in [-0.2, -0.15) is 0 Å². The molecule has 1 heterocycles. The number of methoxy groups -OCH3 is 1. The number of amides is 1. The van der Waals surface area contributed by atoms with Gasteiger partial charge in [0.1, 0.15) is 11.6 Å². The molecule has 134 valence electrons. The van der Waals surface area contributed by atoms with Crippen LogP contribution >= 0.6 is 0 Å². The zero-order chi connectivity index (χ0) is 18.8.